The Morgan fingerprint density at radius 3 is 2.47 bits per heavy atom. The van der Waals surface area contributed by atoms with Crippen LogP contribution in [-0.2, 0) is 19.1 Å². The van der Waals surface area contributed by atoms with Gasteiger partial charge in [-0.1, -0.05) is 18.2 Å². The Bertz CT molecular complexity index is 377. The van der Waals surface area contributed by atoms with Crippen LogP contribution in [0.1, 0.15) is 6.92 Å². The molecular formula is C12H15NO4. The lowest BCUT2D eigenvalue weighted by Gasteiger charge is -2.13. The van der Waals surface area contributed by atoms with Gasteiger partial charge < -0.3 is 14.8 Å². The minimum atomic E-state index is -1.24. The smallest absolute Gasteiger partial charge is 0.345 e. The summed E-state index contributed by atoms with van der Waals surface area (Å²) in [6.45, 7) is 1.87. The first-order chi connectivity index (χ1) is 8.19. The largest absolute Gasteiger partial charge is 0.464 e. The molecule has 0 radical (unpaired) electrons. The van der Waals surface area contributed by atoms with Gasteiger partial charge in [-0.25, -0.2) is 4.79 Å². The molecule has 1 aromatic carbocycles. The van der Waals surface area contributed by atoms with Gasteiger partial charge in [0.2, 0.25) is 6.10 Å². The first-order valence-corrected chi connectivity index (χ1v) is 5.24. The van der Waals surface area contributed by atoms with Crippen LogP contribution >= 0.6 is 0 Å². The van der Waals surface area contributed by atoms with Crippen LogP contribution in [0.5, 0.6) is 0 Å². The minimum absolute atomic E-state index is 0.206. The number of carbonyl (C=O) groups is 2. The highest BCUT2D eigenvalue weighted by molar-refractivity contribution is 6.07. The van der Waals surface area contributed by atoms with Gasteiger partial charge in [-0.05, 0) is 19.1 Å². The Kier molecular flexibility index (Phi) is 5.16. The highest BCUT2D eigenvalue weighted by atomic mass is 16.6. The molecule has 1 rings (SSSR count). The second-order valence-electron chi connectivity index (χ2n) is 3.22. The molecule has 0 fully saturated rings. The van der Waals surface area contributed by atoms with Gasteiger partial charge in [-0.3, -0.25) is 4.79 Å². The van der Waals surface area contributed by atoms with Crippen LogP contribution in [0.2, 0.25) is 0 Å². The first-order valence-electron chi connectivity index (χ1n) is 5.24. The quantitative estimate of drug-likeness (QED) is 0.617. The fourth-order valence-corrected chi connectivity index (χ4v) is 1.26. The average Bonchev–Trinajstić information content (AvgIpc) is 2.31. The Labute approximate surface area is 99.7 Å². The van der Waals surface area contributed by atoms with Crippen molar-refractivity contribution in [2.24, 2.45) is 0 Å². The molecule has 0 saturated heterocycles. The highest BCUT2D eigenvalue weighted by Gasteiger charge is 2.27. The molecule has 1 atom stereocenters. The molecule has 0 aliphatic heterocycles. The molecule has 1 unspecified atom stereocenters. The molecule has 5 nitrogen and oxygen atoms in total. The normalized spacial score (nSPS) is 11.6. The summed E-state index contributed by atoms with van der Waals surface area (Å²) in [6.07, 6.45) is -1.24. The average molecular weight is 237 g/mol. The fraction of sp³-hybridized carbons (Fsp3) is 0.333. The number of hydrogen-bond acceptors (Lipinski definition) is 4. The van der Waals surface area contributed by atoms with Crippen molar-refractivity contribution in [3.05, 3.63) is 30.3 Å². The summed E-state index contributed by atoms with van der Waals surface area (Å²) in [5, 5.41) is 2.57. The molecule has 0 heterocycles. The van der Waals surface area contributed by atoms with Crippen molar-refractivity contribution >= 4 is 17.6 Å². The van der Waals surface area contributed by atoms with Gasteiger partial charge >= 0.3 is 5.97 Å². The summed E-state index contributed by atoms with van der Waals surface area (Å²) in [5.41, 5.74) is 0.601. The van der Waals surface area contributed by atoms with E-state index < -0.39 is 18.0 Å². The summed E-state index contributed by atoms with van der Waals surface area (Å²) in [6, 6.07) is 8.82. The van der Waals surface area contributed by atoms with Crippen LogP contribution < -0.4 is 5.32 Å². The third-order valence-corrected chi connectivity index (χ3v) is 2.02. The van der Waals surface area contributed by atoms with E-state index in [1.807, 2.05) is 6.07 Å². The predicted molar refractivity (Wildman–Crippen MR) is 62.5 cm³/mol. The number of rotatable bonds is 5. The number of amides is 1. The van der Waals surface area contributed by atoms with Crippen molar-refractivity contribution in [1.29, 1.82) is 0 Å². The second kappa shape index (κ2) is 6.65. The van der Waals surface area contributed by atoms with Gasteiger partial charge in [0.1, 0.15) is 0 Å². The SMILES string of the molecule is CCOC(=O)C(OC)C(=O)Nc1ccccc1. The fourth-order valence-electron chi connectivity index (χ4n) is 1.26. The number of esters is 1. The van der Waals surface area contributed by atoms with Crippen molar-refractivity contribution in [3.63, 3.8) is 0 Å². The van der Waals surface area contributed by atoms with Gasteiger partial charge in [0.15, 0.2) is 0 Å². The maximum Gasteiger partial charge on any atom is 0.345 e. The molecule has 5 heteroatoms. The van der Waals surface area contributed by atoms with Gasteiger partial charge in [0.25, 0.3) is 5.91 Å². The van der Waals surface area contributed by atoms with Crippen molar-refractivity contribution in [2.45, 2.75) is 13.0 Å². The van der Waals surface area contributed by atoms with E-state index in [1.165, 1.54) is 7.11 Å². The van der Waals surface area contributed by atoms with E-state index >= 15 is 0 Å². The Hall–Kier alpha value is -1.88. The van der Waals surface area contributed by atoms with E-state index in [0.29, 0.717) is 5.69 Å². The topological polar surface area (TPSA) is 64.6 Å². The summed E-state index contributed by atoms with van der Waals surface area (Å²) in [4.78, 5) is 23.1. The third kappa shape index (κ3) is 3.88. The monoisotopic (exact) mass is 237 g/mol. The number of carbonyl (C=O) groups excluding carboxylic acids is 2. The zero-order valence-electron chi connectivity index (χ0n) is 9.80. The van der Waals surface area contributed by atoms with Gasteiger partial charge in [0.05, 0.1) is 6.61 Å². The number of benzene rings is 1. The number of methoxy groups -OCH3 is 1. The lowest BCUT2D eigenvalue weighted by Crippen LogP contribution is -2.37. The Morgan fingerprint density at radius 1 is 1.29 bits per heavy atom. The van der Waals surface area contributed by atoms with Crippen LogP contribution in [0, 0.1) is 0 Å². The summed E-state index contributed by atoms with van der Waals surface area (Å²) in [5.74, 6) is -1.24. The number of para-hydroxylation sites is 1. The van der Waals surface area contributed by atoms with Gasteiger partial charge in [0, 0.05) is 12.8 Å². The third-order valence-electron chi connectivity index (χ3n) is 2.02. The lowest BCUT2D eigenvalue weighted by molar-refractivity contribution is -0.158. The molecule has 92 valence electrons. The van der Waals surface area contributed by atoms with E-state index in [-0.39, 0.29) is 6.61 Å². The van der Waals surface area contributed by atoms with E-state index in [0.717, 1.165) is 0 Å². The molecule has 0 bridgehead atoms. The second-order valence-corrected chi connectivity index (χ2v) is 3.22. The molecule has 0 aromatic heterocycles. The maximum absolute atomic E-state index is 11.7. The standard InChI is InChI=1S/C12H15NO4/c1-3-17-12(15)10(16-2)11(14)13-9-7-5-4-6-8-9/h4-8,10H,3H2,1-2H3,(H,13,14). The summed E-state index contributed by atoms with van der Waals surface area (Å²) < 4.78 is 9.54. The van der Waals surface area contributed by atoms with Crippen LogP contribution in [-0.4, -0.2) is 31.7 Å². The van der Waals surface area contributed by atoms with Crippen molar-refractivity contribution in [3.8, 4) is 0 Å². The van der Waals surface area contributed by atoms with Crippen molar-refractivity contribution in [2.75, 3.05) is 19.0 Å². The maximum atomic E-state index is 11.7. The molecule has 1 aromatic rings. The number of hydrogen-bond donors (Lipinski definition) is 1. The van der Waals surface area contributed by atoms with Crippen LogP contribution in [0.15, 0.2) is 30.3 Å². The zero-order valence-corrected chi connectivity index (χ0v) is 9.80. The molecule has 17 heavy (non-hydrogen) atoms. The molecule has 1 amide bonds. The minimum Gasteiger partial charge on any atom is -0.464 e. The van der Waals surface area contributed by atoms with E-state index in [9.17, 15) is 9.59 Å². The number of ether oxygens (including phenoxy) is 2. The van der Waals surface area contributed by atoms with E-state index in [4.69, 9.17) is 9.47 Å². The molecule has 0 aliphatic carbocycles. The predicted octanol–water partition coefficient (Wildman–Crippen LogP) is 1.20. The number of nitrogens with one attached hydrogen (secondary N) is 1. The van der Waals surface area contributed by atoms with Crippen LogP contribution in [0.25, 0.3) is 0 Å². The van der Waals surface area contributed by atoms with Crippen LogP contribution in [0.3, 0.4) is 0 Å². The first kappa shape index (κ1) is 13.2. The summed E-state index contributed by atoms with van der Waals surface area (Å²) in [7, 11) is 1.28. The molecule has 1 N–H and O–H groups in total. The summed E-state index contributed by atoms with van der Waals surface area (Å²) >= 11 is 0. The molecular weight excluding hydrogens is 222 g/mol. The highest BCUT2D eigenvalue weighted by Crippen LogP contribution is 2.07. The zero-order chi connectivity index (χ0) is 12.7. The van der Waals surface area contributed by atoms with Crippen molar-refractivity contribution < 1.29 is 19.1 Å². The van der Waals surface area contributed by atoms with Crippen LogP contribution in [0.4, 0.5) is 5.69 Å². The van der Waals surface area contributed by atoms with E-state index in [1.54, 1.807) is 31.2 Å². The number of anilines is 1. The molecule has 0 spiro atoms. The van der Waals surface area contributed by atoms with Gasteiger partial charge in [-0.2, -0.15) is 0 Å². The Morgan fingerprint density at radius 2 is 1.94 bits per heavy atom. The lowest BCUT2D eigenvalue weighted by atomic mass is 10.3. The molecule has 0 aliphatic rings. The molecule has 0 saturated carbocycles. The van der Waals surface area contributed by atoms with Gasteiger partial charge in [-0.15, -0.1) is 0 Å². The van der Waals surface area contributed by atoms with E-state index in [2.05, 4.69) is 5.32 Å². The van der Waals surface area contributed by atoms with Crippen molar-refractivity contribution in [1.82, 2.24) is 0 Å². The Balaban J connectivity index is 2.64.